The molecule has 0 aliphatic rings. The average molecular weight is 327 g/mol. The van der Waals surface area contributed by atoms with Crippen molar-refractivity contribution in [3.05, 3.63) is 65.4 Å². The van der Waals surface area contributed by atoms with E-state index in [1.165, 1.54) is 12.1 Å². The molecule has 1 aromatic carbocycles. The molecule has 6 heteroatoms. The number of hydrogen-bond donors (Lipinski definition) is 1. The molecule has 0 spiro atoms. The van der Waals surface area contributed by atoms with E-state index in [4.69, 9.17) is 4.74 Å². The molecule has 124 valence electrons. The van der Waals surface area contributed by atoms with E-state index in [9.17, 15) is 9.18 Å². The van der Waals surface area contributed by atoms with E-state index < -0.39 is 0 Å². The molecule has 1 amide bonds. The fourth-order valence-corrected chi connectivity index (χ4v) is 2.57. The summed E-state index contributed by atoms with van der Waals surface area (Å²) in [5, 5.41) is 2.84. The average Bonchev–Trinajstić information content (AvgIpc) is 2.91. The number of carbonyl (C=O) groups is 1. The van der Waals surface area contributed by atoms with Crippen LogP contribution in [0.25, 0.3) is 5.65 Å². The van der Waals surface area contributed by atoms with Crippen LogP contribution in [0, 0.1) is 12.7 Å². The van der Waals surface area contributed by atoms with Crippen LogP contribution in [-0.4, -0.2) is 21.9 Å². The summed E-state index contributed by atoms with van der Waals surface area (Å²) in [7, 11) is 0. The molecule has 0 aliphatic carbocycles. The first-order chi connectivity index (χ1) is 11.6. The monoisotopic (exact) mass is 327 g/mol. The number of amides is 1. The van der Waals surface area contributed by atoms with Gasteiger partial charge in [-0.25, -0.2) is 9.37 Å². The van der Waals surface area contributed by atoms with Gasteiger partial charge in [0, 0.05) is 12.7 Å². The number of aromatic nitrogens is 2. The van der Waals surface area contributed by atoms with E-state index in [1.54, 1.807) is 29.7 Å². The Hall–Kier alpha value is -2.89. The molecule has 2 heterocycles. The van der Waals surface area contributed by atoms with Crippen LogP contribution in [0.1, 0.15) is 28.7 Å². The SMILES string of the molecule is CCOc1cccn2c(C(=O)NCc3ccc(F)cc3)c(C)nc12. The number of pyridine rings is 1. The van der Waals surface area contributed by atoms with Crippen LogP contribution in [0.15, 0.2) is 42.6 Å². The molecule has 0 bridgehead atoms. The molecule has 5 nitrogen and oxygen atoms in total. The number of benzene rings is 1. The predicted molar refractivity (Wildman–Crippen MR) is 88.7 cm³/mol. The van der Waals surface area contributed by atoms with Crippen LogP contribution >= 0.6 is 0 Å². The zero-order chi connectivity index (χ0) is 17.1. The van der Waals surface area contributed by atoms with Gasteiger partial charge in [0.2, 0.25) is 0 Å². The van der Waals surface area contributed by atoms with Gasteiger partial charge in [-0.15, -0.1) is 0 Å². The third-order valence-corrected chi connectivity index (χ3v) is 3.67. The number of hydrogen-bond acceptors (Lipinski definition) is 3. The van der Waals surface area contributed by atoms with Gasteiger partial charge < -0.3 is 10.1 Å². The van der Waals surface area contributed by atoms with E-state index in [0.29, 0.717) is 35.9 Å². The Balaban J connectivity index is 1.85. The molecule has 0 unspecified atom stereocenters. The van der Waals surface area contributed by atoms with Crippen molar-refractivity contribution in [2.75, 3.05) is 6.61 Å². The molecule has 0 atom stereocenters. The van der Waals surface area contributed by atoms with E-state index in [0.717, 1.165) is 5.56 Å². The van der Waals surface area contributed by atoms with Gasteiger partial charge in [0.25, 0.3) is 5.91 Å². The first kappa shape index (κ1) is 16.0. The zero-order valence-electron chi connectivity index (χ0n) is 13.5. The molecule has 3 aromatic rings. The van der Waals surface area contributed by atoms with Crippen molar-refractivity contribution in [3.8, 4) is 5.75 Å². The van der Waals surface area contributed by atoms with Gasteiger partial charge >= 0.3 is 0 Å². The van der Waals surface area contributed by atoms with Crippen LogP contribution < -0.4 is 10.1 Å². The molecule has 0 fully saturated rings. The molecule has 0 saturated carbocycles. The normalized spacial score (nSPS) is 10.8. The smallest absolute Gasteiger partial charge is 0.270 e. The highest BCUT2D eigenvalue weighted by Gasteiger charge is 2.18. The van der Waals surface area contributed by atoms with E-state index in [2.05, 4.69) is 10.3 Å². The topological polar surface area (TPSA) is 55.6 Å². The van der Waals surface area contributed by atoms with Crippen molar-refractivity contribution in [3.63, 3.8) is 0 Å². The van der Waals surface area contributed by atoms with Gasteiger partial charge in [0.15, 0.2) is 11.4 Å². The van der Waals surface area contributed by atoms with E-state index >= 15 is 0 Å². The fraction of sp³-hybridized carbons (Fsp3) is 0.222. The number of ether oxygens (including phenoxy) is 1. The number of rotatable bonds is 5. The summed E-state index contributed by atoms with van der Waals surface area (Å²) in [6, 6.07) is 9.67. The third-order valence-electron chi connectivity index (χ3n) is 3.67. The lowest BCUT2D eigenvalue weighted by Gasteiger charge is -2.08. The summed E-state index contributed by atoms with van der Waals surface area (Å²) >= 11 is 0. The van der Waals surface area contributed by atoms with Gasteiger partial charge in [-0.05, 0) is 43.7 Å². The molecular weight excluding hydrogens is 309 g/mol. The zero-order valence-corrected chi connectivity index (χ0v) is 13.5. The summed E-state index contributed by atoms with van der Waals surface area (Å²) in [6.45, 7) is 4.53. The molecule has 0 radical (unpaired) electrons. The molecule has 0 saturated heterocycles. The Labute approximate surface area is 139 Å². The van der Waals surface area contributed by atoms with Gasteiger partial charge in [-0.1, -0.05) is 12.1 Å². The quantitative estimate of drug-likeness (QED) is 0.783. The number of nitrogens with one attached hydrogen (secondary N) is 1. The minimum Gasteiger partial charge on any atom is -0.490 e. The highest BCUT2D eigenvalue weighted by atomic mass is 19.1. The lowest BCUT2D eigenvalue weighted by molar-refractivity contribution is 0.0944. The second-order valence-electron chi connectivity index (χ2n) is 5.35. The highest BCUT2D eigenvalue weighted by Crippen LogP contribution is 2.22. The van der Waals surface area contributed by atoms with Gasteiger partial charge in [-0.3, -0.25) is 9.20 Å². The van der Waals surface area contributed by atoms with Crippen LogP contribution in [0.5, 0.6) is 5.75 Å². The second-order valence-corrected chi connectivity index (χ2v) is 5.35. The summed E-state index contributed by atoms with van der Waals surface area (Å²) in [5.41, 5.74) is 2.53. The molecule has 1 N–H and O–H groups in total. The number of carbonyl (C=O) groups excluding carboxylic acids is 1. The highest BCUT2D eigenvalue weighted by molar-refractivity contribution is 5.94. The lowest BCUT2D eigenvalue weighted by Crippen LogP contribution is -2.25. The molecule has 0 aliphatic heterocycles. The summed E-state index contributed by atoms with van der Waals surface area (Å²) in [6.07, 6.45) is 1.78. The van der Waals surface area contributed by atoms with Crippen molar-refractivity contribution in [1.29, 1.82) is 0 Å². The van der Waals surface area contributed by atoms with Crippen molar-refractivity contribution in [1.82, 2.24) is 14.7 Å². The first-order valence-corrected chi connectivity index (χ1v) is 7.73. The number of imidazole rings is 1. The Morgan fingerprint density at radius 2 is 2.04 bits per heavy atom. The van der Waals surface area contributed by atoms with Crippen molar-refractivity contribution < 1.29 is 13.9 Å². The van der Waals surface area contributed by atoms with E-state index in [-0.39, 0.29) is 11.7 Å². The molecule has 3 rings (SSSR count). The summed E-state index contributed by atoms with van der Waals surface area (Å²) in [4.78, 5) is 17.0. The number of nitrogens with zero attached hydrogens (tertiary/aromatic N) is 2. The van der Waals surface area contributed by atoms with Gasteiger partial charge in [-0.2, -0.15) is 0 Å². The van der Waals surface area contributed by atoms with E-state index in [1.807, 2.05) is 19.1 Å². The van der Waals surface area contributed by atoms with Crippen molar-refractivity contribution >= 4 is 11.6 Å². The minimum atomic E-state index is -0.300. The Morgan fingerprint density at radius 1 is 1.29 bits per heavy atom. The minimum absolute atomic E-state index is 0.238. The Bertz CT molecular complexity index is 872. The fourth-order valence-electron chi connectivity index (χ4n) is 2.57. The number of fused-ring (bicyclic) bond motifs is 1. The maximum absolute atomic E-state index is 12.9. The molecular formula is C18H18FN3O2. The van der Waals surface area contributed by atoms with Gasteiger partial charge in [0.1, 0.15) is 11.5 Å². The van der Waals surface area contributed by atoms with Crippen molar-refractivity contribution in [2.45, 2.75) is 20.4 Å². The number of halogens is 1. The Morgan fingerprint density at radius 3 is 2.75 bits per heavy atom. The Kier molecular flexibility index (Phi) is 4.46. The third kappa shape index (κ3) is 3.08. The first-order valence-electron chi connectivity index (χ1n) is 7.73. The largest absolute Gasteiger partial charge is 0.490 e. The van der Waals surface area contributed by atoms with Crippen LogP contribution in [0.3, 0.4) is 0 Å². The maximum Gasteiger partial charge on any atom is 0.270 e. The number of aryl methyl sites for hydroxylation is 1. The lowest BCUT2D eigenvalue weighted by atomic mass is 10.2. The molecule has 2 aromatic heterocycles. The second kappa shape index (κ2) is 6.70. The predicted octanol–water partition coefficient (Wildman–Crippen LogP) is 3.11. The maximum atomic E-state index is 12.9. The summed E-state index contributed by atoms with van der Waals surface area (Å²) < 4.78 is 20.2. The van der Waals surface area contributed by atoms with Gasteiger partial charge in [0.05, 0.1) is 12.3 Å². The van der Waals surface area contributed by atoms with Crippen LogP contribution in [-0.2, 0) is 6.54 Å². The van der Waals surface area contributed by atoms with Crippen LogP contribution in [0.2, 0.25) is 0 Å². The summed E-state index contributed by atoms with van der Waals surface area (Å²) in [5.74, 6) is 0.102. The van der Waals surface area contributed by atoms with Crippen LogP contribution in [0.4, 0.5) is 4.39 Å². The standard InChI is InChI=1S/C18H18FN3O2/c1-3-24-15-5-4-10-22-16(12(2)21-17(15)22)18(23)20-11-13-6-8-14(19)9-7-13/h4-10H,3,11H2,1-2H3,(H,20,23). The van der Waals surface area contributed by atoms with Crippen molar-refractivity contribution in [2.24, 2.45) is 0 Å². The molecule has 24 heavy (non-hydrogen) atoms.